The lowest BCUT2D eigenvalue weighted by Gasteiger charge is -2.18. The second-order valence-electron chi connectivity index (χ2n) is 4.96. The number of hydrogen-bond donors (Lipinski definition) is 1. The van der Waals surface area contributed by atoms with E-state index in [1.165, 1.54) is 22.8 Å². The predicted octanol–water partition coefficient (Wildman–Crippen LogP) is 4.18. The normalized spacial score (nSPS) is 12.8. The molecule has 0 radical (unpaired) electrons. The first-order valence-electron chi connectivity index (χ1n) is 7.93. The Hall–Kier alpha value is -0.510. The van der Waals surface area contributed by atoms with Gasteiger partial charge in [-0.05, 0) is 43.8 Å². The van der Waals surface area contributed by atoms with Crippen LogP contribution < -0.4 is 5.32 Å². The third-order valence-corrected chi connectivity index (χ3v) is 4.70. The van der Waals surface area contributed by atoms with Gasteiger partial charge in [-0.2, -0.15) is 0 Å². The summed E-state index contributed by atoms with van der Waals surface area (Å²) >= 11 is 1.96. The van der Waals surface area contributed by atoms with Crippen molar-refractivity contribution in [3.8, 4) is 0 Å². The first kappa shape index (κ1) is 17.5. The van der Waals surface area contributed by atoms with Gasteiger partial charge < -0.3 is 10.2 Å². The minimum Gasteiger partial charge on any atom is -0.310 e. The molecule has 1 aromatic carbocycles. The molecule has 2 nitrogen and oxygen atoms in total. The molecule has 0 fully saturated rings. The summed E-state index contributed by atoms with van der Waals surface area (Å²) in [7, 11) is 0. The van der Waals surface area contributed by atoms with Crippen LogP contribution in [0.5, 0.6) is 0 Å². The molecule has 1 N–H and O–H groups in total. The number of thioether (sulfide) groups is 1. The first-order chi connectivity index (χ1) is 9.74. The Bertz CT molecular complexity index is 347. The fourth-order valence-electron chi connectivity index (χ4n) is 2.37. The van der Waals surface area contributed by atoms with Crippen molar-refractivity contribution in [2.75, 3.05) is 31.9 Å². The minimum absolute atomic E-state index is 0.495. The van der Waals surface area contributed by atoms with Crippen LogP contribution in [-0.4, -0.2) is 36.8 Å². The van der Waals surface area contributed by atoms with Crippen molar-refractivity contribution in [2.45, 2.75) is 45.1 Å². The Morgan fingerprint density at radius 1 is 1.05 bits per heavy atom. The number of nitrogens with one attached hydrogen (secondary N) is 1. The highest BCUT2D eigenvalue weighted by Gasteiger charge is 2.07. The maximum absolute atomic E-state index is 3.53. The van der Waals surface area contributed by atoms with E-state index in [-0.39, 0.29) is 0 Å². The monoisotopic (exact) mass is 294 g/mol. The standard InChI is InChI=1S/C17H30N2S/c1-5-17(18-6-2)15-9-11-16(12-10-15)20-14-13-19(7-3)8-4/h9-12,17-18H,5-8,13-14H2,1-4H3. The average molecular weight is 295 g/mol. The lowest BCUT2D eigenvalue weighted by atomic mass is 10.1. The van der Waals surface area contributed by atoms with E-state index in [9.17, 15) is 0 Å². The van der Waals surface area contributed by atoms with E-state index in [0.717, 1.165) is 26.1 Å². The molecule has 0 saturated heterocycles. The molecule has 0 spiro atoms. The second-order valence-corrected chi connectivity index (χ2v) is 6.13. The van der Waals surface area contributed by atoms with E-state index >= 15 is 0 Å². The Kier molecular flexibility index (Phi) is 8.99. The lowest BCUT2D eigenvalue weighted by Crippen LogP contribution is -2.25. The average Bonchev–Trinajstić information content (AvgIpc) is 2.50. The lowest BCUT2D eigenvalue weighted by molar-refractivity contribution is 0.324. The van der Waals surface area contributed by atoms with Crippen LogP contribution in [-0.2, 0) is 0 Å². The fourth-order valence-corrected chi connectivity index (χ4v) is 3.29. The smallest absolute Gasteiger partial charge is 0.0317 e. The van der Waals surface area contributed by atoms with Crippen molar-refractivity contribution in [3.63, 3.8) is 0 Å². The van der Waals surface area contributed by atoms with Crippen LogP contribution >= 0.6 is 11.8 Å². The highest BCUT2D eigenvalue weighted by Crippen LogP contribution is 2.22. The molecule has 20 heavy (non-hydrogen) atoms. The molecule has 0 aliphatic heterocycles. The number of nitrogens with zero attached hydrogens (tertiary/aromatic N) is 1. The summed E-state index contributed by atoms with van der Waals surface area (Å²) in [6.45, 7) is 13.4. The zero-order valence-electron chi connectivity index (χ0n) is 13.5. The fraction of sp³-hybridized carbons (Fsp3) is 0.647. The third kappa shape index (κ3) is 5.86. The van der Waals surface area contributed by atoms with E-state index in [0.29, 0.717) is 6.04 Å². The molecule has 0 aromatic heterocycles. The number of rotatable bonds is 10. The molecule has 0 heterocycles. The van der Waals surface area contributed by atoms with Crippen molar-refractivity contribution >= 4 is 11.8 Å². The van der Waals surface area contributed by atoms with Gasteiger partial charge in [0.05, 0.1) is 0 Å². The first-order valence-corrected chi connectivity index (χ1v) is 8.92. The molecule has 1 rings (SSSR count). The summed E-state index contributed by atoms with van der Waals surface area (Å²) in [6, 6.07) is 9.58. The van der Waals surface area contributed by atoms with Crippen molar-refractivity contribution in [3.05, 3.63) is 29.8 Å². The van der Waals surface area contributed by atoms with Crippen LogP contribution in [0.2, 0.25) is 0 Å². The maximum Gasteiger partial charge on any atom is 0.0317 e. The van der Waals surface area contributed by atoms with Gasteiger partial charge >= 0.3 is 0 Å². The van der Waals surface area contributed by atoms with E-state index < -0.39 is 0 Å². The molecule has 0 bridgehead atoms. The molecular weight excluding hydrogens is 264 g/mol. The Labute approximate surface area is 129 Å². The zero-order chi connectivity index (χ0) is 14.8. The van der Waals surface area contributed by atoms with Crippen molar-refractivity contribution < 1.29 is 0 Å². The van der Waals surface area contributed by atoms with E-state index in [1.807, 2.05) is 11.8 Å². The number of benzene rings is 1. The molecule has 1 aromatic rings. The Morgan fingerprint density at radius 2 is 1.70 bits per heavy atom. The van der Waals surface area contributed by atoms with E-state index in [4.69, 9.17) is 0 Å². The van der Waals surface area contributed by atoms with Crippen LogP contribution in [0, 0.1) is 0 Å². The van der Waals surface area contributed by atoms with E-state index in [2.05, 4.69) is 62.2 Å². The van der Waals surface area contributed by atoms with Crippen molar-refractivity contribution in [2.24, 2.45) is 0 Å². The molecule has 0 aliphatic carbocycles. The van der Waals surface area contributed by atoms with Gasteiger partial charge in [0.1, 0.15) is 0 Å². The number of hydrogen-bond acceptors (Lipinski definition) is 3. The molecular formula is C17H30N2S. The van der Waals surface area contributed by atoms with Gasteiger partial charge in [0.25, 0.3) is 0 Å². The summed E-state index contributed by atoms with van der Waals surface area (Å²) in [5.74, 6) is 1.17. The Balaban J connectivity index is 2.45. The molecule has 114 valence electrons. The van der Waals surface area contributed by atoms with Crippen LogP contribution in [0.4, 0.5) is 0 Å². The molecule has 1 atom stereocenters. The van der Waals surface area contributed by atoms with Gasteiger partial charge in [-0.3, -0.25) is 0 Å². The highest BCUT2D eigenvalue weighted by molar-refractivity contribution is 7.99. The quantitative estimate of drug-likeness (QED) is 0.652. The van der Waals surface area contributed by atoms with Crippen LogP contribution in [0.3, 0.4) is 0 Å². The van der Waals surface area contributed by atoms with Gasteiger partial charge in [0, 0.05) is 23.2 Å². The molecule has 0 aliphatic rings. The maximum atomic E-state index is 3.53. The van der Waals surface area contributed by atoms with Crippen molar-refractivity contribution in [1.29, 1.82) is 0 Å². The van der Waals surface area contributed by atoms with Gasteiger partial charge in [-0.1, -0.05) is 39.8 Å². The summed E-state index contributed by atoms with van der Waals surface area (Å²) in [6.07, 6.45) is 1.14. The van der Waals surface area contributed by atoms with Gasteiger partial charge in [-0.25, -0.2) is 0 Å². The van der Waals surface area contributed by atoms with Crippen LogP contribution in [0.1, 0.15) is 45.7 Å². The molecule has 0 amide bonds. The third-order valence-electron chi connectivity index (χ3n) is 3.71. The summed E-state index contributed by atoms with van der Waals surface area (Å²) in [5, 5.41) is 3.53. The van der Waals surface area contributed by atoms with Crippen LogP contribution in [0.25, 0.3) is 0 Å². The summed E-state index contributed by atoms with van der Waals surface area (Å²) < 4.78 is 0. The topological polar surface area (TPSA) is 15.3 Å². The minimum atomic E-state index is 0.495. The van der Waals surface area contributed by atoms with Crippen LogP contribution in [0.15, 0.2) is 29.2 Å². The van der Waals surface area contributed by atoms with E-state index in [1.54, 1.807) is 0 Å². The summed E-state index contributed by atoms with van der Waals surface area (Å²) in [4.78, 5) is 3.85. The molecule has 0 saturated carbocycles. The van der Waals surface area contributed by atoms with Gasteiger partial charge in [0.2, 0.25) is 0 Å². The second kappa shape index (κ2) is 10.3. The zero-order valence-corrected chi connectivity index (χ0v) is 14.3. The highest BCUT2D eigenvalue weighted by atomic mass is 32.2. The van der Waals surface area contributed by atoms with Gasteiger partial charge in [-0.15, -0.1) is 11.8 Å². The summed E-state index contributed by atoms with van der Waals surface area (Å²) in [5.41, 5.74) is 1.41. The van der Waals surface area contributed by atoms with Gasteiger partial charge in [0.15, 0.2) is 0 Å². The molecule has 3 heteroatoms. The Morgan fingerprint density at radius 3 is 2.20 bits per heavy atom. The predicted molar refractivity (Wildman–Crippen MR) is 91.7 cm³/mol. The largest absolute Gasteiger partial charge is 0.310 e. The van der Waals surface area contributed by atoms with Crippen molar-refractivity contribution in [1.82, 2.24) is 10.2 Å². The molecule has 1 unspecified atom stereocenters. The SMILES string of the molecule is CCNC(CC)c1ccc(SCCN(CC)CC)cc1.